The molecule has 17 heavy (non-hydrogen) atoms. The zero-order valence-electron chi connectivity index (χ0n) is 12.2. The van der Waals surface area contributed by atoms with Crippen molar-refractivity contribution in [3.05, 3.63) is 0 Å². The molecule has 0 aromatic rings. The summed E-state index contributed by atoms with van der Waals surface area (Å²) in [4.78, 5) is 2.36. The molecule has 0 amide bonds. The van der Waals surface area contributed by atoms with Gasteiger partial charge in [0.25, 0.3) is 0 Å². The average Bonchev–Trinajstić information content (AvgIpc) is 2.25. The standard InChI is InChI=1S/C14H29N3/c1-6-7-10-17(5)11-8-9-14(4,12-15)16-13(2)3/h13,16H,6-11H2,1-5H3. The maximum Gasteiger partial charge on any atom is 0.104 e. The van der Waals surface area contributed by atoms with Crippen molar-refractivity contribution in [3.63, 3.8) is 0 Å². The monoisotopic (exact) mass is 239 g/mol. The number of nitriles is 1. The fourth-order valence-electron chi connectivity index (χ4n) is 2.04. The van der Waals surface area contributed by atoms with Gasteiger partial charge in [-0.3, -0.25) is 5.32 Å². The average molecular weight is 239 g/mol. The summed E-state index contributed by atoms with van der Waals surface area (Å²) >= 11 is 0. The first-order valence-corrected chi connectivity index (χ1v) is 6.81. The molecule has 0 saturated carbocycles. The summed E-state index contributed by atoms with van der Waals surface area (Å²) in [6, 6.07) is 2.76. The third-order valence-electron chi connectivity index (χ3n) is 2.96. The summed E-state index contributed by atoms with van der Waals surface area (Å²) in [5, 5.41) is 12.6. The fraction of sp³-hybridized carbons (Fsp3) is 0.929. The van der Waals surface area contributed by atoms with E-state index in [2.05, 4.69) is 44.1 Å². The second kappa shape index (κ2) is 8.49. The second-order valence-corrected chi connectivity index (χ2v) is 5.50. The Morgan fingerprint density at radius 1 is 1.29 bits per heavy atom. The van der Waals surface area contributed by atoms with Crippen molar-refractivity contribution in [2.45, 2.75) is 65.0 Å². The van der Waals surface area contributed by atoms with E-state index < -0.39 is 0 Å². The lowest BCUT2D eigenvalue weighted by molar-refractivity contribution is 0.295. The molecule has 1 atom stereocenters. The molecular formula is C14H29N3. The minimum atomic E-state index is -0.375. The first-order chi connectivity index (χ1) is 7.93. The quantitative estimate of drug-likeness (QED) is 0.672. The summed E-state index contributed by atoms with van der Waals surface area (Å²) in [5.41, 5.74) is -0.375. The van der Waals surface area contributed by atoms with Gasteiger partial charge in [-0.25, -0.2) is 0 Å². The lowest BCUT2D eigenvalue weighted by Gasteiger charge is -2.27. The van der Waals surface area contributed by atoms with E-state index in [9.17, 15) is 5.26 Å². The van der Waals surface area contributed by atoms with Crippen LogP contribution in [0.5, 0.6) is 0 Å². The molecule has 0 radical (unpaired) electrons. The smallest absolute Gasteiger partial charge is 0.104 e. The lowest BCUT2D eigenvalue weighted by atomic mass is 9.96. The predicted octanol–water partition coefficient (Wildman–Crippen LogP) is 2.78. The van der Waals surface area contributed by atoms with Gasteiger partial charge in [0.1, 0.15) is 5.54 Å². The molecule has 1 N–H and O–H groups in total. The molecule has 0 saturated heterocycles. The number of unbranched alkanes of at least 4 members (excludes halogenated alkanes) is 1. The Labute approximate surface area is 107 Å². The normalized spacial score (nSPS) is 14.9. The summed E-state index contributed by atoms with van der Waals surface area (Å²) in [6.45, 7) is 10.6. The van der Waals surface area contributed by atoms with Crippen LogP contribution >= 0.6 is 0 Å². The van der Waals surface area contributed by atoms with Crippen molar-refractivity contribution >= 4 is 0 Å². The van der Waals surface area contributed by atoms with Crippen LogP contribution in [0.1, 0.15) is 53.4 Å². The van der Waals surface area contributed by atoms with Crippen LogP contribution in [0, 0.1) is 11.3 Å². The van der Waals surface area contributed by atoms with Gasteiger partial charge in [-0.05, 0) is 60.2 Å². The molecule has 1 unspecified atom stereocenters. The Balaban J connectivity index is 3.88. The van der Waals surface area contributed by atoms with E-state index in [1.54, 1.807) is 0 Å². The minimum Gasteiger partial charge on any atom is -0.306 e. The van der Waals surface area contributed by atoms with Gasteiger partial charge in [-0.2, -0.15) is 5.26 Å². The Bertz CT molecular complexity index is 232. The molecule has 0 bridgehead atoms. The Morgan fingerprint density at radius 2 is 1.88 bits per heavy atom. The van der Waals surface area contributed by atoms with Crippen LogP contribution in [0.4, 0.5) is 0 Å². The van der Waals surface area contributed by atoms with E-state index in [1.807, 2.05) is 6.92 Å². The molecule has 0 aliphatic carbocycles. The van der Waals surface area contributed by atoms with Gasteiger partial charge in [0.15, 0.2) is 0 Å². The molecule has 3 nitrogen and oxygen atoms in total. The Kier molecular flexibility index (Phi) is 8.20. The van der Waals surface area contributed by atoms with E-state index >= 15 is 0 Å². The molecule has 0 aromatic carbocycles. The van der Waals surface area contributed by atoms with Crippen molar-refractivity contribution in [1.82, 2.24) is 10.2 Å². The molecule has 3 heteroatoms. The van der Waals surface area contributed by atoms with Crippen LogP contribution in [0.15, 0.2) is 0 Å². The molecular weight excluding hydrogens is 210 g/mol. The number of hydrogen-bond acceptors (Lipinski definition) is 3. The van der Waals surface area contributed by atoms with E-state index in [1.165, 1.54) is 12.8 Å². The number of rotatable bonds is 9. The Morgan fingerprint density at radius 3 is 2.35 bits per heavy atom. The summed E-state index contributed by atoms with van der Waals surface area (Å²) in [6.07, 6.45) is 4.49. The largest absolute Gasteiger partial charge is 0.306 e. The third-order valence-corrected chi connectivity index (χ3v) is 2.96. The highest BCUT2D eigenvalue weighted by Gasteiger charge is 2.23. The van der Waals surface area contributed by atoms with Crippen LogP contribution in [0.25, 0.3) is 0 Å². The third kappa shape index (κ3) is 8.18. The van der Waals surface area contributed by atoms with Crippen LogP contribution in [0.2, 0.25) is 0 Å². The first kappa shape index (κ1) is 16.4. The SMILES string of the molecule is CCCCN(C)CCCC(C)(C#N)NC(C)C. The predicted molar refractivity (Wildman–Crippen MR) is 73.9 cm³/mol. The number of nitrogens with one attached hydrogen (secondary N) is 1. The van der Waals surface area contributed by atoms with Gasteiger partial charge in [0.2, 0.25) is 0 Å². The van der Waals surface area contributed by atoms with Crippen molar-refractivity contribution in [3.8, 4) is 6.07 Å². The highest BCUT2D eigenvalue weighted by atomic mass is 15.1. The first-order valence-electron chi connectivity index (χ1n) is 6.81. The molecule has 0 aromatic heterocycles. The number of nitrogens with zero attached hydrogens (tertiary/aromatic N) is 2. The Hall–Kier alpha value is -0.590. The zero-order chi connectivity index (χ0) is 13.3. The molecule has 0 heterocycles. The topological polar surface area (TPSA) is 39.1 Å². The van der Waals surface area contributed by atoms with Gasteiger partial charge in [-0.15, -0.1) is 0 Å². The highest BCUT2D eigenvalue weighted by Crippen LogP contribution is 2.12. The van der Waals surface area contributed by atoms with Crippen LogP contribution < -0.4 is 5.32 Å². The van der Waals surface area contributed by atoms with E-state index in [-0.39, 0.29) is 5.54 Å². The van der Waals surface area contributed by atoms with Crippen LogP contribution in [-0.4, -0.2) is 36.6 Å². The highest BCUT2D eigenvalue weighted by molar-refractivity contribution is 5.04. The van der Waals surface area contributed by atoms with Crippen molar-refractivity contribution < 1.29 is 0 Å². The molecule has 0 spiro atoms. The zero-order valence-corrected chi connectivity index (χ0v) is 12.2. The molecule has 0 fully saturated rings. The van der Waals surface area contributed by atoms with Crippen molar-refractivity contribution in [2.24, 2.45) is 0 Å². The van der Waals surface area contributed by atoms with E-state index in [4.69, 9.17) is 0 Å². The maximum atomic E-state index is 9.21. The summed E-state index contributed by atoms with van der Waals surface area (Å²) < 4.78 is 0. The second-order valence-electron chi connectivity index (χ2n) is 5.50. The number of hydrogen-bond donors (Lipinski definition) is 1. The van der Waals surface area contributed by atoms with Crippen molar-refractivity contribution in [2.75, 3.05) is 20.1 Å². The molecule has 0 aliphatic rings. The van der Waals surface area contributed by atoms with E-state index in [0.29, 0.717) is 6.04 Å². The van der Waals surface area contributed by atoms with Gasteiger partial charge in [0.05, 0.1) is 6.07 Å². The summed E-state index contributed by atoms with van der Waals surface area (Å²) in [5.74, 6) is 0. The minimum absolute atomic E-state index is 0.359. The molecule has 0 aliphatic heterocycles. The van der Waals surface area contributed by atoms with Gasteiger partial charge in [0, 0.05) is 6.04 Å². The molecule has 0 rings (SSSR count). The van der Waals surface area contributed by atoms with E-state index in [0.717, 1.165) is 25.9 Å². The lowest BCUT2D eigenvalue weighted by Crippen LogP contribution is -2.45. The van der Waals surface area contributed by atoms with Crippen LogP contribution in [0.3, 0.4) is 0 Å². The molecule has 100 valence electrons. The van der Waals surface area contributed by atoms with Crippen molar-refractivity contribution in [1.29, 1.82) is 5.26 Å². The fourth-order valence-corrected chi connectivity index (χ4v) is 2.04. The van der Waals surface area contributed by atoms with Gasteiger partial charge >= 0.3 is 0 Å². The summed E-state index contributed by atoms with van der Waals surface area (Å²) in [7, 11) is 2.16. The van der Waals surface area contributed by atoms with Gasteiger partial charge < -0.3 is 4.90 Å². The maximum absolute atomic E-state index is 9.21. The van der Waals surface area contributed by atoms with Crippen LogP contribution in [-0.2, 0) is 0 Å². The van der Waals surface area contributed by atoms with Gasteiger partial charge in [-0.1, -0.05) is 13.3 Å².